The van der Waals surface area contributed by atoms with Crippen LogP contribution in [0.4, 0.5) is 5.69 Å². The molecule has 4 aliphatic heterocycles. The van der Waals surface area contributed by atoms with Crippen molar-refractivity contribution in [3.8, 4) is 17.6 Å². The van der Waals surface area contributed by atoms with Crippen LogP contribution in [0.25, 0.3) is 10.8 Å². The fourth-order valence-corrected chi connectivity index (χ4v) is 6.66. The van der Waals surface area contributed by atoms with Gasteiger partial charge in [0.25, 0.3) is 0 Å². The van der Waals surface area contributed by atoms with Crippen molar-refractivity contribution in [2.24, 2.45) is 0 Å². The average molecular weight is 494 g/mol. The van der Waals surface area contributed by atoms with E-state index in [1.165, 1.54) is 5.69 Å². The molecule has 4 aliphatic rings. The highest BCUT2D eigenvalue weighted by atomic mass is 32.2. The van der Waals surface area contributed by atoms with Gasteiger partial charge in [0.1, 0.15) is 17.6 Å². The molecule has 178 valence electrons. The van der Waals surface area contributed by atoms with Gasteiger partial charge in [0.15, 0.2) is 5.16 Å². The van der Waals surface area contributed by atoms with E-state index in [4.69, 9.17) is 4.74 Å². The van der Waals surface area contributed by atoms with Crippen molar-refractivity contribution in [3.63, 3.8) is 0 Å². The second-order valence-corrected chi connectivity index (χ2v) is 10.4. The Morgan fingerprint density at radius 1 is 1.08 bits per heavy atom. The zero-order chi connectivity index (χ0) is 24.2. The maximum Gasteiger partial charge on any atom is 0.241 e. The SMILES string of the molecule is N#Cc1ccc2cc1Oc1ccc3cccc(c3c1)N1CCN(CCc3cnc4n3[C@H]2CS4)CC1=O. The number of rotatable bonds is 0. The number of hydrogen-bond acceptors (Lipinski definition) is 6. The Bertz CT molecular complexity index is 1570. The second kappa shape index (κ2) is 8.40. The van der Waals surface area contributed by atoms with Gasteiger partial charge in [0.05, 0.1) is 23.8 Å². The van der Waals surface area contributed by atoms with E-state index in [9.17, 15) is 10.1 Å². The Kier molecular flexibility index (Phi) is 5.01. The molecule has 0 saturated carbocycles. The van der Waals surface area contributed by atoms with E-state index >= 15 is 0 Å². The number of fused-ring (bicyclic) bond motifs is 3. The number of thioether (sulfide) groups is 1. The summed E-state index contributed by atoms with van der Waals surface area (Å²) in [5.74, 6) is 2.18. The highest BCUT2D eigenvalue weighted by Gasteiger charge is 2.30. The first-order valence-corrected chi connectivity index (χ1v) is 13.1. The Morgan fingerprint density at radius 2 is 2.03 bits per heavy atom. The van der Waals surface area contributed by atoms with E-state index in [0.717, 1.165) is 52.4 Å². The maximum absolute atomic E-state index is 13.3. The highest BCUT2D eigenvalue weighted by Crippen LogP contribution is 2.40. The Balaban J connectivity index is 1.40. The normalized spacial score (nSPS) is 20.8. The number of hydrogen-bond donors (Lipinski definition) is 0. The van der Waals surface area contributed by atoms with Crippen LogP contribution < -0.4 is 9.64 Å². The zero-order valence-electron chi connectivity index (χ0n) is 19.6. The average Bonchev–Trinajstić information content (AvgIpc) is 3.49. The molecular formula is C28H23N5O2S. The van der Waals surface area contributed by atoms with Crippen molar-refractivity contribution in [2.45, 2.75) is 17.6 Å². The van der Waals surface area contributed by atoms with Crippen molar-refractivity contribution in [1.82, 2.24) is 14.5 Å². The van der Waals surface area contributed by atoms with Crippen LogP contribution in [-0.2, 0) is 11.2 Å². The molecule has 5 heterocycles. The van der Waals surface area contributed by atoms with Crippen LogP contribution in [0.2, 0.25) is 0 Å². The largest absolute Gasteiger partial charge is 0.456 e. The minimum atomic E-state index is 0.106. The molecule has 1 saturated heterocycles. The maximum atomic E-state index is 13.3. The van der Waals surface area contributed by atoms with Crippen molar-refractivity contribution in [3.05, 3.63) is 77.6 Å². The molecule has 1 aromatic heterocycles. The van der Waals surface area contributed by atoms with E-state index in [1.54, 1.807) is 11.8 Å². The molecule has 3 aromatic carbocycles. The second-order valence-electron chi connectivity index (χ2n) is 9.43. The molecule has 1 fully saturated rings. The van der Waals surface area contributed by atoms with Gasteiger partial charge in [0, 0.05) is 49.1 Å². The summed E-state index contributed by atoms with van der Waals surface area (Å²) in [6, 6.07) is 20.2. The van der Waals surface area contributed by atoms with Crippen LogP contribution >= 0.6 is 11.8 Å². The van der Waals surface area contributed by atoms with Gasteiger partial charge < -0.3 is 14.2 Å². The summed E-state index contributed by atoms with van der Waals surface area (Å²) in [6.07, 6.45) is 2.79. The lowest BCUT2D eigenvalue weighted by Crippen LogP contribution is -2.51. The topological polar surface area (TPSA) is 74.4 Å². The molecule has 8 heteroatoms. The molecule has 1 amide bonds. The minimum Gasteiger partial charge on any atom is -0.456 e. The molecule has 4 aromatic rings. The van der Waals surface area contributed by atoms with E-state index in [1.807, 2.05) is 65.7 Å². The Hall–Kier alpha value is -3.80. The van der Waals surface area contributed by atoms with Gasteiger partial charge in [0.2, 0.25) is 5.91 Å². The van der Waals surface area contributed by atoms with E-state index < -0.39 is 0 Å². The van der Waals surface area contributed by atoms with Crippen LogP contribution in [0.3, 0.4) is 0 Å². The predicted octanol–water partition coefficient (Wildman–Crippen LogP) is 4.60. The third-order valence-electron chi connectivity index (χ3n) is 7.37. The van der Waals surface area contributed by atoms with Gasteiger partial charge in [-0.15, -0.1) is 0 Å². The fourth-order valence-electron chi connectivity index (χ4n) is 5.50. The third-order valence-corrected chi connectivity index (χ3v) is 8.41. The molecule has 2 atom stereocenters. The molecule has 1 unspecified atom stereocenters. The number of piperazine rings is 1. The molecule has 7 nitrogen and oxygen atoms in total. The molecule has 36 heavy (non-hydrogen) atoms. The third kappa shape index (κ3) is 3.47. The predicted molar refractivity (Wildman–Crippen MR) is 139 cm³/mol. The first-order valence-electron chi connectivity index (χ1n) is 12.1. The number of ether oxygens (including phenoxy) is 1. The lowest BCUT2D eigenvalue weighted by Gasteiger charge is -2.35. The number of imidazole rings is 1. The number of aromatic nitrogens is 2. The molecule has 0 spiro atoms. The van der Waals surface area contributed by atoms with Crippen LogP contribution in [0.15, 0.2) is 66.0 Å². The van der Waals surface area contributed by atoms with Crippen LogP contribution in [0.1, 0.15) is 22.9 Å². The zero-order valence-corrected chi connectivity index (χ0v) is 20.4. The smallest absolute Gasteiger partial charge is 0.241 e. The van der Waals surface area contributed by atoms with Crippen LogP contribution in [-0.4, -0.2) is 52.3 Å². The lowest BCUT2D eigenvalue weighted by atomic mass is 10.0. The van der Waals surface area contributed by atoms with Crippen LogP contribution in [0.5, 0.6) is 11.5 Å². The first-order chi connectivity index (χ1) is 17.7. The summed E-state index contributed by atoms with van der Waals surface area (Å²) < 4.78 is 8.66. The van der Waals surface area contributed by atoms with Gasteiger partial charge >= 0.3 is 0 Å². The van der Waals surface area contributed by atoms with Crippen molar-refractivity contribution in [2.75, 3.05) is 36.8 Å². The lowest BCUT2D eigenvalue weighted by molar-refractivity contribution is -0.121. The molecular weight excluding hydrogens is 470 g/mol. The summed E-state index contributed by atoms with van der Waals surface area (Å²) >= 11 is 1.75. The molecule has 0 N–H and O–H groups in total. The number of anilines is 1. The first kappa shape index (κ1) is 21.5. The molecule has 0 aliphatic carbocycles. The number of benzene rings is 3. The molecule has 0 radical (unpaired) electrons. The monoisotopic (exact) mass is 493 g/mol. The van der Waals surface area contributed by atoms with Gasteiger partial charge in [-0.1, -0.05) is 36.0 Å². The minimum absolute atomic E-state index is 0.106. The van der Waals surface area contributed by atoms with E-state index in [2.05, 4.69) is 20.5 Å². The Morgan fingerprint density at radius 3 is 2.92 bits per heavy atom. The van der Waals surface area contributed by atoms with E-state index in [-0.39, 0.29) is 11.9 Å². The number of amides is 1. The summed E-state index contributed by atoms with van der Waals surface area (Å²) in [6.45, 7) is 2.68. The van der Waals surface area contributed by atoms with Crippen molar-refractivity contribution >= 4 is 34.1 Å². The number of carbonyl (C=O) groups is 1. The number of nitrogens with zero attached hydrogens (tertiary/aromatic N) is 5. The van der Waals surface area contributed by atoms with Crippen molar-refractivity contribution in [1.29, 1.82) is 5.26 Å². The van der Waals surface area contributed by atoms with Gasteiger partial charge in [-0.2, -0.15) is 5.26 Å². The summed E-state index contributed by atoms with van der Waals surface area (Å²) in [5, 5.41) is 12.8. The summed E-state index contributed by atoms with van der Waals surface area (Å²) in [7, 11) is 0. The van der Waals surface area contributed by atoms with Gasteiger partial charge in [-0.25, -0.2) is 4.98 Å². The van der Waals surface area contributed by atoms with Crippen LogP contribution in [0, 0.1) is 11.3 Å². The van der Waals surface area contributed by atoms with Gasteiger partial charge in [-0.05, 0) is 41.3 Å². The quantitative estimate of drug-likeness (QED) is 0.356. The number of carbonyl (C=O) groups excluding carboxylic acids is 1. The summed E-state index contributed by atoms with van der Waals surface area (Å²) in [4.78, 5) is 22.1. The van der Waals surface area contributed by atoms with Gasteiger partial charge in [-0.3, -0.25) is 9.69 Å². The Labute approximate surface area is 212 Å². The van der Waals surface area contributed by atoms with E-state index in [0.29, 0.717) is 30.2 Å². The molecule has 6 bridgehead atoms. The highest BCUT2D eigenvalue weighted by molar-refractivity contribution is 7.99. The van der Waals surface area contributed by atoms with Crippen molar-refractivity contribution < 1.29 is 9.53 Å². The standard InChI is InChI=1S/C28H23N5O2S/c29-14-20-5-4-19-12-26(20)35-22-7-6-18-2-1-3-24(23(18)13-22)32-11-10-31(16-27(32)34)9-8-21-15-30-28-33(21)25(19)17-36-28/h1-7,12-13,15,25H,8-11,16-17H2/t25-/m0/s1. The number of nitriles is 1. The summed E-state index contributed by atoms with van der Waals surface area (Å²) in [5.41, 5.74) is 3.66. The molecule has 8 rings (SSSR count). The fraction of sp³-hybridized carbons (Fsp3) is 0.250.